The highest BCUT2D eigenvalue weighted by Crippen LogP contribution is 2.25. The first-order valence-corrected chi connectivity index (χ1v) is 7.36. The third-order valence-corrected chi connectivity index (χ3v) is 3.31. The van der Waals surface area contributed by atoms with Crippen LogP contribution in [0.2, 0.25) is 0 Å². The number of carbonyl (C=O) groups excluding carboxylic acids is 2. The lowest BCUT2D eigenvalue weighted by Crippen LogP contribution is -2.45. The van der Waals surface area contributed by atoms with Crippen LogP contribution in [0.25, 0.3) is 0 Å². The smallest absolute Gasteiger partial charge is 0.411 e. The van der Waals surface area contributed by atoms with Crippen LogP contribution in [0, 0.1) is 5.82 Å². The van der Waals surface area contributed by atoms with Gasteiger partial charge in [0.1, 0.15) is 23.6 Å². The van der Waals surface area contributed by atoms with Gasteiger partial charge in [-0.2, -0.15) is 0 Å². The van der Waals surface area contributed by atoms with Gasteiger partial charge in [0.25, 0.3) is 0 Å². The molecule has 1 heterocycles. The maximum absolute atomic E-state index is 13.7. The number of hydrogen-bond donors (Lipinski definition) is 1. The number of halogens is 2. The number of likely N-dealkylation sites (tertiary alicyclic amines) is 1. The predicted molar refractivity (Wildman–Crippen MR) is 81.3 cm³/mol. The molecule has 2 amide bonds. The summed E-state index contributed by atoms with van der Waals surface area (Å²) in [5, 5.41) is 2.39. The molecule has 2 rings (SSSR count). The summed E-state index contributed by atoms with van der Waals surface area (Å²) in [7, 11) is 0. The van der Waals surface area contributed by atoms with E-state index in [4.69, 9.17) is 4.74 Å². The molecule has 0 radical (unpaired) electrons. The number of para-hydroxylation sites is 1. The zero-order valence-corrected chi connectivity index (χ0v) is 13.3. The molecule has 1 aliphatic rings. The van der Waals surface area contributed by atoms with Gasteiger partial charge in [0.15, 0.2) is 0 Å². The lowest BCUT2D eigenvalue weighted by atomic mass is 10.2. The summed E-state index contributed by atoms with van der Waals surface area (Å²) < 4.78 is 32.5. The Bertz CT molecular complexity index is 601. The Labute approximate surface area is 133 Å². The Hall–Kier alpha value is -2.18. The number of hydrogen-bond acceptors (Lipinski definition) is 3. The van der Waals surface area contributed by atoms with Crippen LogP contribution < -0.4 is 5.32 Å². The van der Waals surface area contributed by atoms with Crippen LogP contribution in [0.1, 0.15) is 27.2 Å². The summed E-state index contributed by atoms with van der Waals surface area (Å²) in [5.41, 5.74) is -0.762. The molecule has 1 N–H and O–H groups in total. The third-order valence-electron chi connectivity index (χ3n) is 3.31. The SMILES string of the molecule is CC(C)(C)OC(=O)N1C[C@@H](F)C[C@@H]1C(=O)Nc1ccccc1F. The summed E-state index contributed by atoms with van der Waals surface area (Å²) >= 11 is 0. The fourth-order valence-electron chi connectivity index (χ4n) is 2.33. The molecular formula is C16H20F2N2O3. The molecule has 0 unspecified atom stereocenters. The summed E-state index contributed by atoms with van der Waals surface area (Å²) in [5.74, 6) is -1.24. The van der Waals surface area contributed by atoms with Crippen molar-refractivity contribution in [2.75, 3.05) is 11.9 Å². The largest absolute Gasteiger partial charge is 0.444 e. The first kappa shape index (κ1) is 17.2. The molecule has 2 atom stereocenters. The van der Waals surface area contributed by atoms with Gasteiger partial charge in [0, 0.05) is 6.42 Å². The van der Waals surface area contributed by atoms with E-state index in [9.17, 15) is 18.4 Å². The maximum atomic E-state index is 13.7. The van der Waals surface area contributed by atoms with Gasteiger partial charge >= 0.3 is 6.09 Å². The van der Waals surface area contributed by atoms with Crippen LogP contribution in [0.15, 0.2) is 24.3 Å². The number of nitrogens with zero attached hydrogens (tertiary/aromatic N) is 1. The number of alkyl halides is 1. The van der Waals surface area contributed by atoms with Crippen molar-refractivity contribution in [1.82, 2.24) is 4.90 Å². The van der Waals surface area contributed by atoms with E-state index in [1.807, 2.05) is 0 Å². The average Bonchev–Trinajstić information content (AvgIpc) is 2.82. The molecule has 0 spiro atoms. The van der Waals surface area contributed by atoms with Crippen molar-refractivity contribution in [3.63, 3.8) is 0 Å². The summed E-state index contributed by atoms with van der Waals surface area (Å²) in [6, 6.07) is 4.63. The van der Waals surface area contributed by atoms with Gasteiger partial charge in [-0.15, -0.1) is 0 Å². The quantitative estimate of drug-likeness (QED) is 0.908. The number of ether oxygens (including phenoxy) is 1. The van der Waals surface area contributed by atoms with Gasteiger partial charge in [0.2, 0.25) is 5.91 Å². The highest BCUT2D eigenvalue weighted by atomic mass is 19.1. The lowest BCUT2D eigenvalue weighted by Gasteiger charge is -2.27. The van der Waals surface area contributed by atoms with Crippen LogP contribution in [-0.4, -0.2) is 41.3 Å². The standard InChI is InChI=1S/C16H20F2N2O3/c1-16(2,3)23-15(22)20-9-10(17)8-13(20)14(21)19-12-7-5-4-6-11(12)18/h4-7,10,13H,8-9H2,1-3H3,(H,19,21)/t10-,13+/m0/s1. The fraction of sp³-hybridized carbons (Fsp3) is 0.500. The third kappa shape index (κ3) is 4.40. The Morgan fingerprint density at radius 3 is 2.57 bits per heavy atom. The minimum absolute atomic E-state index is 0.0102. The summed E-state index contributed by atoms with van der Waals surface area (Å²) in [6.07, 6.45) is -2.22. The molecule has 1 aromatic carbocycles. The molecule has 1 fully saturated rings. The molecule has 0 saturated carbocycles. The Kier molecular flexibility index (Phi) is 4.87. The molecule has 0 aliphatic carbocycles. The first-order valence-electron chi connectivity index (χ1n) is 7.36. The molecule has 1 saturated heterocycles. The van der Waals surface area contributed by atoms with Gasteiger partial charge in [-0.25, -0.2) is 13.6 Å². The topological polar surface area (TPSA) is 58.6 Å². The molecule has 0 aromatic heterocycles. The van der Waals surface area contributed by atoms with Crippen LogP contribution >= 0.6 is 0 Å². The van der Waals surface area contributed by atoms with Crippen molar-refractivity contribution >= 4 is 17.7 Å². The van der Waals surface area contributed by atoms with Crippen LogP contribution in [-0.2, 0) is 9.53 Å². The number of carbonyl (C=O) groups is 2. The normalized spacial score (nSPS) is 21.2. The summed E-state index contributed by atoms with van der Waals surface area (Å²) in [6.45, 7) is 4.83. The predicted octanol–water partition coefficient (Wildman–Crippen LogP) is 3.11. The Morgan fingerprint density at radius 1 is 1.30 bits per heavy atom. The van der Waals surface area contributed by atoms with E-state index in [-0.39, 0.29) is 18.7 Å². The highest BCUT2D eigenvalue weighted by Gasteiger charge is 2.41. The average molecular weight is 326 g/mol. The van der Waals surface area contributed by atoms with E-state index in [1.165, 1.54) is 18.2 Å². The molecule has 0 bridgehead atoms. The highest BCUT2D eigenvalue weighted by molar-refractivity contribution is 5.97. The van der Waals surface area contributed by atoms with Gasteiger partial charge in [-0.1, -0.05) is 12.1 Å². The molecule has 126 valence electrons. The second-order valence-corrected chi connectivity index (χ2v) is 6.45. The van der Waals surface area contributed by atoms with E-state index >= 15 is 0 Å². The van der Waals surface area contributed by atoms with Crippen molar-refractivity contribution in [3.8, 4) is 0 Å². The fourth-order valence-corrected chi connectivity index (χ4v) is 2.33. The number of benzene rings is 1. The monoisotopic (exact) mass is 326 g/mol. The number of amides is 2. The number of anilines is 1. The van der Waals surface area contributed by atoms with E-state index in [0.717, 1.165) is 4.90 Å². The number of rotatable bonds is 2. The second-order valence-electron chi connectivity index (χ2n) is 6.45. The van der Waals surface area contributed by atoms with E-state index in [1.54, 1.807) is 26.8 Å². The van der Waals surface area contributed by atoms with Gasteiger partial charge in [-0.3, -0.25) is 9.69 Å². The van der Waals surface area contributed by atoms with Crippen molar-refractivity contribution in [2.24, 2.45) is 0 Å². The molecule has 7 heteroatoms. The van der Waals surface area contributed by atoms with Gasteiger partial charge < -0.3 is 10.1 Å². The minimum atomic E-state index is -1.32. The van der Waals surface area contributed by atoms with Gasteiger partial charge in [0.05, 0.1) is 12.2 Å². The van der Waals surface area contributed by atoms with E-state index < -0.39 is 35.6 Å². The van der Waals surface area contributed by atoms with Crippen molar-refractivity contribution in [1.29, 1.82) is 0 Å². The molecule has 5 nitrogen and oxygen atoms in total. The zero-order valence-electron chi connectivity index (χ0n) is 13.3. The minimum Gasteiger partial charge on any atom is -0.444 e. The molecular weight excluding hydrogens is 306 g/mol. The Balaban J connectivity index is 2.11. The van der Waals surface area contributed by atoms with Crippen molar-refractivity contribution < 1.29 is 23.1 Å². The molecule has 1 aromatic rings. The second kappa shape index (κ2) is 6.52. The summed E-state index contributed by atoms with van der Waals surface area (Å²) in [4.78, 5) is 25.5. The molecule has 1 aliphatic heterocycles. The zero-order chi connectivity index (χ0) is 17.2. The molecule has 23 heavy (non-hydrogen) atoms. The van der Waals surface area contributed by atoms with E-state index in [2.05, 4.69) is 5.32 Å². The van der Waals surface area contributed by atoms with Crippen LogP contribution in [0.5, 0.6) is 0 Å². The van der Waals surface area contributed by atoms with Crippen LogP contribution in [0.3, 0.4) is 0 Å². The van der Waals surface area contributed by atoms with Crippen LogP contribution in [0.4, 0.5) is 19.3 Å². The lowest BCUT2D eigenvalue weighted by molar-refractivity contribution is -0.120. The first-order chi connectivity index (χ1) is 10.7. The maximum Gasteiger partial charge on any atom is 0.411 e. The van der Waals surface area contributed by atoms with Crippen molar-refractivity contribution in [2.45, 2.75) is 45.0 Å². The van der Waals surface area contributed by atoms with Gasteiger partial charge in [-0.05, 0) is 32.9 Å². The van der Waals surface area contributed by atoms with E-state index in [0.29, 0.717) is 0 Å². The Morgan fingerprint density at radius 2 is 1.96 bits per heavy atom. The van der Waals surface area contributed by atoms with Crippen molar-refractivity contribution in [3.05, 3.63) is 30.1 Å². The number of nitrogens with one attached hydrogen (secondary N) is 1.